The number of nitrogens with zero attached hydrogens (tertiary/aromatic N) is 1. The minimum atomic E-state index is -0.870. The van der Waals surface area contributed by atoms with Crippen molar-refractivity contribution in [3.63, 3.8) is 0 Å². The fourth-order valence-electron chi connectivity index (χ4n) is 2.04. The summed E-state index contributed by atoms with van der Waals surface area (Å²) in [6, 6.07) is 11.2. The maximum atomic E-state index is 12.0. The van der Waals surface area contributed by atoms with Crippen molar-refractivity contribution in [2.75, 3.05) is 0 Å². The van der Waals surface area contributed by atoms with E-state index >= 15 is 0 Å². The van der Waals surface area contributed by atoms with Crippen molar-refractivity contribution in [1.82, 2.24) is 0 Å². The lowest BCUT2D eigenvalue weighted by atomic mass is 10.1. The summed E-state index contributed by atoms with van der Waals surface area (Å²) in [6.45, 7) is -0.181. The third-order valence-electron chi connectivity index (χ3n) is 3.13. The highest BCUT2D eigenvalue weighted by molar-refractivity contribution is 7.79. The molecule has 126 valence electrons. The summed E-state index contributed by atoms with van der Waals surface area (Å²) in [7, 11) is 0. The number of aromatic hydroxyl groups is 1. The number of phenols is 1. The first kappa shape index (κ1) is 17.6. The van der Waals surface area contributed by atoms with Crippen molar-refractivity contribution in [2.45, 2.75) is 18.8 Å². The molecule has 0 spiro atoms. The fraction of sp³-hybridized carbons (Fsp3) is 0.188. The van der Waals surface area contributed by atoms with Gasteiger partial charge < -0.3 is 14.7 Å². The van der Waals surface area contributed by atoms with Gasteiger partial charge in [0.2, 0.25) is 0 Å². The van der Waals surface area contributed by atoms with Gasteiger partial charge in [0.15, 0.2) is 0 Å². The highest BCUT2D eigenvalue weighted by atomic mass is 32.1. The van der Waals surface area contributed by atoms with Crippen molar-refractivity contribution in [3.8, 4) is 11.5 Å². The topological polar surface area (TPSA) is 98.9 Å². The van der Waals surface area contributed by atoms with Crippen molar-refractivity contribution < 1.29 is 24.6 Å². The molecule has 0 unspecified atom stereocenters. The molecule has 0 aliphatic carbocycles. The maximum absolute atomic E-state index is 12.0. The number of esters is 1. The van der Waals surface area contributed by atoms with Gasteiger partial charge in [-0.15, -0.1) is 10.1 Å². The fourth-order valence-corrected chi connectivity index (χ4v) is 2.30. The molecule has 1 N–H and O–H groups in total. The van der Waals surface area contributed by atoms with Gasteiger partial charge in [0.25, 0.3) is 5.09 Å². The van der Waals surface area contributed by atoms with E-state index in [1.807, 2.05) is 0 Å². The maximum Gasteiger partial charge on any atom is 0.315 e. The average Bonchev–Trinajstić information content (AvgIpc) is 2.55. The van der Waals surface area contributed by atoms with Crippen LogP contribution in [0.5, 0.6) is 11.5 Å². The molecule has 8 heteroatoms. The summed E-state index contributed by atoms with van der Waals surface area (Å²) < 4.78 is 5.23. The van der Waals surface area contributed by atoms with Gasteiger partial charge >= 0.3 is 5.97 Å². The van der Waals surface area contributed by atoms with Crippen LogP contribution in [-0.2, 0) is 28.4 Å². The number of hydrogen-bond donors (Lipinski definition) is 2. The van der Waals surface area contributed by atoms with Gasteiger partial charge in [-0.1, -0.05) is 24.3 Å². The quantitative estimate of drug-likeness (QED) is 0.262. The van der Waals surface area contributed by atoms with Gasteiger partial charge in [-0.25, -0.2) is 0 Å². The normalized spacial score (nSPS) is 10.2. The zero-order valence-corrected chi connectivity index (χ0v) is 13.4. The highest BCUT2D eigenvalue weighted by Gasteiger charge is 2.09. The van der Waals surface area contributed by atoms with Gasteiger partial charge in [-0.3, -0.25) is 4.79 Å². The van der Waals surface area contributed by atoms with E-state index in [9.17, 15) is 20.0 Å². The molecule has 0 aliphatic rings. The molecule has 7 nitrogen and oxygen atoms in total. The van der Waals surface area contributed by atoms with Crippen LogP contribution >= 0.6 is 12.6 Å². The number of carbonyl (C=O) groups is 1. The van der Waals surface area contributed by atoms with E-state index in [-0.39, 0.29) is 18.8 Å². The Hall–Kier alpha value is -2.74. The summed E-state index contributed by atoms with van der Waals surface area (Å²) in [5.41, 5.74) is 1.79. The first-order valence-electron chi connectivity index (χ1n) is 6.96. The second-order valence-electron chi connectivity index (χ2n) is 4.92. The summed E-state index contributed by atoms with van der Waals surface area (Å²) in [6.07, 6.45) is 0.00336. The Bertz CT molecular complexity index is 749. The van der Waals surface area contributed by atoms with Crippen LogP contribution < -0.4 is 4.74 Å². The smallest absolute Gasteiger partial charge is 0.315 e. The number of benzene rings is 2. The van der Waals surface area contributed by atoms with Crippen LogP contribution in [0.4, 0.5) is 0 Å². The molecule has 2 aromatic rings. The van der Waals surface area contributed by atoms with E-state index in [2.05, 4.69) is 17.5 Å². The van der Waals surface area contributed by atoms with Crippen LogP contribution in [0.1, 0.15) is 16.7 Å². The average molecular weight is 349 g/mol. The van der Waals surface area contributed by atoms with Gasteiger partial charge in [0.1, 0.15) is 18.1 Å². The Morgan fingerprint density at radius 1 is 1.21 bits per heavy atom. The number of hydrogen-bond acceptors (Lipinski definition) is 7. The number of thiol groups is 1. The van der Waals surface area contributed by atoms with E-state index in [4.69, 9.17) is 4.74 Å². The monoisotopic (exact) mass is 349 g/mol. The number of ether oxygens (including phenoxy) is 1. The standard InChI is InChI=1S/C16H15NO6S/c18-15-5-4-14(8-13(15)10-24)23-16(19)7-11-2-1-3-12(6-11)9-22-17(20)21/h1-6,8,18,24H,7,9-10H2. The lowest BCUT2D eigenvalue weighted by molar-refractivity contribution is -0.763. The molecule has 0 aromatic heterocycles. The lowest BCUT2D eigenvalue weighted by Gasteiger charge is -2.08. The van der Waals surface area contributed by atoms with Crippen LogP contribution in [0, 0.1) is 10.1 Å². The Labute approximate surface area is 143 Å². The highest BCUT2D eigenvalue weighted by Crippen LogP contribution is 2.24. The van der Waals surface area contributed by atoms with Crippen LogP contribution in [-0.4, -0.2) is 16.2 Å². The SMILES string of the molecule is O=C(Cc1cccc(CO[N+](=O)[O-])c1)Oc1ccc(O)c(CS)c1. The van der Waals surface area contributed by atoms with Crippen molar-refractivity contribution in [2.24, 2.45) is 0 Å². The molecule has 0 heterocycles. The molecular weight excluding hydrogens is 334 g/mol. The van der Waals surface area contributed by atoms with Crippen molar-refractivity contribution >= 4 is 18.6 Å². The molecule has 2 rings (SSSR count). The zero-order chi connectivity index (χ0) is 17.5. The Kier molecular flexibility index (Phi) is 6.02. The largest absolute Gasteiger partial charge is 0.508 e. The minimum absolute atomic E-state index is 0.00336. The van der Waals surface area contributed by atoms with Crippen LogP contribution in [0.3, 0.4) is 0 Å². The second kappa shape index (κ2) is 8.21. The number of rotatable bonds is 7. The molecule has 0 aliphatic heterocycles. The predicted molar refractivity (Wildman–Crippen MR) is 88.4 cm³/mol. The molecule has 0 atom stereocenters. The van der Waals surface area contributed by atoms with E-state index in [1.165, 1.54) is 12.1 Å². The van der Waals surface area contributed by atoms with Crippen LogP contribution in [0.2, 0.25) is 0 Å². The summed E-state index contributed by atoms with van der Waals surface area (Å²) in [5.74, 6) is 0.228. The number of carbonyl (C=O) groups excluding carboxylic acids is 1. The summed E-state index contributed by atoms with van der Waals surface area (Å²) >= 11 is 4.08. The summed E-state index contributed by atoms with van der Waals surface area (Å²) in [5, 5.41) is 18.9. The molecule has 0 radical (unpaired) electrons. The first-order valence-corrected chi connectivity index (χ1v) is 7.59. The molecule has 0 saturated heterocycles. The third-order valence-corrected chi connectivity index (χ3v) is 3.47. The van der Waals surface area contributed by atoms with Crippen molar-refractivity contribution in [3.05, 3.63) is 69.3 Å². The van der Waals surface area contributed by atoms with E-state index in [0.717, 1.165) is 0 Å². The van der Waals surface area contributed by atoms with E-state index < -0.39 is 11.1 Å². The Morgan fingerprint density at radius 2 is 1.96 bits per heavy atom. The van der Waals surface area contributed by atoms with Crippen LogP contribution in [0.15, 0.2) is 42.5 Å². The third kappa shape index (κ3) is 5.17. The lowest BCUT2D eigenvalue weighted by Crippen LogP contribution is -2.11. The van der Waals surface area contributed by atoms with Crippen molar-refractivity contribution in [1.29, 1.82) is 0 Å². The van der Waals surface area contributed by atoms with E-state index in [1.54, 1.807) is 30.3 Å². The predicted octanol–water partition coefficient (Wildman–Crippen LogP) is 2.68. The van der Waals surface area contributed by atoms with Crippen LogP contribution in [0.25, 0.3) is 0 Å². The molecule has 2 aromatic carbocycles. The van der Waals surface area contributed by atoms with Gasteiger partial charge in [0, 0.05) is 11.3 Å². The molecule has 0 saturated carbocycles. The number of phenolic OH excluding ortho intramolecular Hbond substituents is 1. The van der Waals surface area contributed by atoms with E-state index in [0.29, 0.717) is 28.2 Å². The van der Waals surface area contributed by atoms with Gasteiger partial charge in [-0.05, 0) is 29.3 Å². The Balaban J connectivity index is 1.99. The molecule has 0 fully saturated rings. The zero-order valence-electron chi connectivity index (χ0n) is 12.5. The first-order chi connectivity index (χ1) is 11.5. The Morgan fingerprint density at radius 3 is 2.67 bits per heavy atom. The molecule has 0 bridgehead atoms. The molecule has 0 amide bonds. The molecule has 24 heavy (non-hydrogen) atoms. The minimum Gasteiger partial charge on any atom is -0.508 e. The van der Waals surface area contributed by atoms with Gasteiger partial charge in [0.05, 0.1) is 6.42 Å². The second-order valence-corrected chi connectivity index (χ2v) is 5.23. The van der Waals surface area contributed by atoms with Gasteiger partial charge in [-0.2, -0.15) is 12.6 Å². The molecular formula is C16H15NO6S. The summed E-state index contributed by atoms with van der Waals surface area (Å²) in [4.78, 5) is 26.5.